The molecule has 2 rings (SSSR count). The van der Waals surface area contributed by atoms with E-state index in [1.165, 1.54) is 12.4 Å². The minimum atomic E-state index is -1.29. The summed E-state index contributed by atoms with van der Waals surface area (Å²) in [7, 11) is 0. The van der Waals surface area contributed by atoms with Crippen LogP contribution in [-0.2, 0) is 4.74 Å². The van der Waals surface area contributed by atoms with Gasteiger partial charge in [-0.25, -0.2) is 14.4 Å². The topological polar surface area (TPSA) is 47.0 Å². The van der Waals surface area contributed by atoms with Gasteiger partial charge in [-0.15, -0.1) is 0 Å². The fourth-order valence-corrected chi connectivity index (χ4v) is 1.53. The minimum Gasteiger partial charge on any atom is -0.347 e. The van der Waals surface area contributed by atoms with Gasteiger partial charge in [0, 0.05) is 0 Å². The maximum absolute atomic E-state index is 13.2. The zero-order valence-electron chi connectivity index (χ0n) is 7.99. The summed E-state index contributed by atoms with van der Waals surface area (Å²) in [5.41, 5.74) is 0. The molecule has 82 valence electrons. The number of aromatic nitrogens is 2. The zero-order chi connectivity index (χ0) is 10.7. The molecule has 2 unspecified atom stereocenters. The van der Waals surface area contributed by atoms with E-state index < -0.39 is 6.36 Å². The van der Waals surface area contributed by atoms with E-state index >= 15 is 0 Å². The van der Waals surface area contributed by atoms with Crippen LogP contribution in [0.2, 0.25) is 5.02 Å². The van der Waals surface area contributed by atoms with Crippen molar-refractivity contribution in [3.05, 3.63) is 17.4 Å². The highest BCUT2D eigenvalue weighted by molar-refractivity contribution is 6.30. The number of nitrogens with one attached hydrogen (secondary N) is 1. The normalized spacial score (nSPS) is 26.3. The Balaban J connectivity index is 1.98. The fourth-order valence-electron chi connectivity index (χ4n) is 1.44. The van der Waals surface area contributed by atoms with Crippen molar-refractivity contribution in [3.63, 3.8) is 0 Å². The van der Waals surface area contributed by atoms with Crippen molar-refractivity contribution in [2.45, 2.75) is 25.2 Å². The van der Waals surface area contributed by atoms with Crippen LogP contribution < -0.4 is 5.32 Å². The van der Waals surface area contributed by atoms with Crippen LogP contribution in [0.1, 0.15) is 12.8 Å². The Kier molecular flexibility index (Phi) is 3.33. The number of rotatable bonds is 2. The summed E-state index contributed by atoms with van der Waals surface area (Å²) in [5, 5.41) is 3.33. The molecule has 15 heavy (non-hydrogen) atoms. The lowest BCUT2D eigenvalue weighted by Crippen LogP contribution is -2.37. The quantitative estimate of drug-likeness (QED) is 0.846. The van der Waals surface area contributed by atoms with Gasteiger partial charge in [0.25, 0.3) is 0 Å². The first-order valence-electron chi connectivity index (χ1n) is 4.75. The van der Waals surface area contributed by atoms with E-state index in [1.807, 2.05) is 0 Å². The summed E-state index contributed by atoms with van der Waals surface area (Å²) < 4.78 is 18.1. The third kappa shape index (κ3) is 2.76. The lowest BCUT2D eigenvalue weighted by molar-refractivity contribution is -0.0759. The average molecular weight is 232 g/mol. The van der Waals surface area contributed by atoms with Crippen molar-refractivity contribution in [2.75, 3.05) is 11.9 Å². The van der Waals surface area contributed by atoms with E-state index in [4.69, 9.17) is 16.3 Å². The lowest BCUT2D eigenvalue weighted by Gasteiger charge is -2.26. The van der Waals surface area contributed by atoms with Crippen LogP contribution in [0.3, 0.4) is 0 Å². The molecular formula is C9H11ClFN3O. The molecule has 0 amide bonds. The molecule has 1 aliphatic heterocycles. The highest BCUT2D eigenvalue weighted by Gasteiger charge is 2.25. The number of ether oxygens (including phenoxy) is 1. The second-order valence-corrected chi connectivity index (χ2v) is 3.78. The van der Waals surface area contributed by atoms with Crippen LogP contribution in [-0.4, -0.2) is 29.0 Å². The van der Waals surface area contributed by atoms with Crippen LogP contribution in [0.5, 0.6) is 0 Å². The standard InChI is InChI=1S/C9H11ClFN3O/c10-6-4-12-9(13-5-6)14-7-2-1-3-15-8(7)11/h4-5,7-8H,1-3H2,(H,12,13,14). The molecule has 0 saturated carbocycles. The number of hydrogen-bond donors (Lipinski definition) is 1. The number of nitrogens with zero attached hydrogens (tertiary/aromatic N) is 2. The molecule has 6 heteroatoms. The van der Waals surface area contributed by atoms with Gasteiger partial charge in [-0.2, -0.15) is 0 Å². The third-order valence-corrected chi connectivity index (χ3v) is 2.38. The predicted octanol–water partition coefficient (Wildman–Crippen LogP) is 2.02. The molecule has 0 aromatic carbocycles. The van der Waals surface area contributed by atoms with E-state index in [2.05, 4.69) is 15.3 Å². The van der Waals surface area contributed by atoms with Gasteiger partial charge in [0.2, 0.25) is 12.3 Å². The van der Waals surface area contributed by atoms with Gasteiger partial charge < -0.3 is 10.1 Å². The molecule has 0 aliphatic carbocycles. The Morgan fingerprint density at radius 1 is 1.47 bits per heavy atom. The smallest absolute Gasteiger partial charge is 0.223 e. The maximum Gasteiger partial charge on any atom is 0.223 e. The summed E-state index contributed by atoms with van der Waals surface area (Å²) in [6.45, 7) is 0.473. The van der Waals surface area contributed by atoms with Crippen LogP contribution in [0.15, 0.2) is 12.4 Å². The molecule has 1 aromatic heterocycles. The van der Waals surface area contributed by atoms with Crippen molar-refractivity contribution in [1.29, 1.82) is 0 Å². The van der Waals surface area contributed by atoms with Gasteiger partial charge in [-0.05, 0) is 12.8 Å². The Morgan fingerprint density at radius 3 is 2.87 bits per heavy atom. The van der Waals surface area contributed by atoms with E-state index in [9.17, 15) is 4.39 Å². The van der Waals surface area contributed by atoms with Gasteiger partial charge >= 0.3 is 0 Å². The second kappa shape index (κ2) is 4.72. The summed E-state index contributed by atoms with van der Waals surface area (Å²) in [5.74, 6) is 0.373. The SMILES string of the molecule is FC1OCCCC1Nc1ncc(Cl)cn1. The van der Waals surface area contributed by atoms with E-state index in [-0.39, 0.29) is 6.04 Å². The largest absolute Gasteiger partial charge is 0.347 e. The molecule has 1 aliphatic rings. The molecule has 1 aromatic rings. The summed E-state index contributed by atoms with van der Waals surface area (Å²) in [4.78, 5) is 7.86. The first kappa shape index (κ1) is 10.6. The number of anilines is 1. The van der Waals surface area contributed by atoms with Gasteiger partial charge in [0.05, 0.1) is 30.1 Å². The number of hydrogen-bond acceptors (Lipinski definition) is 4. The molecule has 2 atom stereocenters. The van der Waals surface area contributed by atoms with E-state index in [0.717, 1.165) is 6.42 Å². The first-order chi connectivity index (χ1) is 7.25. The van der Waals surface area contributed by atoms with Crippen LogP contribution in [0, 0.1) is 0 Å². The number of alkyl halides is 1. The van der Waals surface area contributed by atoms with Crippen molar-refractivity contribution in [1.82, 2.24) is 9.97 Å². The Bertz CT molecular complexity index is 322. The highest BCUT2D eigenvalue weighted by atomic mass is 35.5. The van der Waals surface area contributed by atoms with Gasteiger partial charge in [-0.3, -0.25) is 0 Å². The molecule has 0 spiro atoms. The molecule has 2 heterocycles. The Morgan fingerprint density at radius 2 is 2.20 bits per heavy atom. The lowest BCUT2D eigenvalue weighted by atomic mass is 10.1. The van der Waals surface area contributed by atoms with Crippen LogP contribution in [0.25, 0.3) is 0 Å². The minimum absolute atomic E-state index is 0.373. The van der Waals surface area contributed by atoms with Gasteiger partial charge in [0.1, 0.15) is 0 Å². The highest BCUT2D eigenvalue weighted by Crippen LogP contribution is 2.18. The molecule has 0 radical (unpaired) electrons. The predicted molar refractivity (Wildman–Crippen MR) is 54.5 cm³/mol. The monoisotopic (exact) mass is 231 g/mol. The molecular weight excluding hydrogens is 221 g/mol. The van der Waals surface area contributed by atoms with Crippen molar-refractivity contribution >= 4 is 17.5 Å². The number of halogens is 2. The summed E-state index contributed by atoms with van der Waals surface area (Å²) in [6, 6.07) is -0.375. The van der Waals surface area contributed by atoms with Gasteiger partial charge in [-0.1, -0.05) is 11.6 Å². The maximum atomic E-state index is 13.2. The fraction of sp³-hybridized carbons (Fsp3) is 0.556. The van der Waals surface area contributed by atoms with Crippen molar-refractivity contribution in [2.24, 2.45) is 0 Å². The van der Waals surface area contributed by atoms with Crippen molar-refractivity contribution < 1.29 is 9.13 Å². The summed E-state index contributed by atoms with van der Waals surface area (Å²) >= 11 is 5.63. The van der Waals surface area contributed by atoms with E-state index in [1.54, 1.807) is 0 Å². The average Bonchev–Trinajstić information content (AvgIpc) is 2.25. The second-order valence-electron chi connectivity index (χ2n) is 3.34. The Hall–Kier alpha value is -0.940. The van der Waals surface area contributed by atoms with Crippen LogP contribution >= 0.6 is 11.6 Å². The molecule has 1 saturated heterocycles. The Labute approximate surface area is 91.8 Å². The summed E-state index contributed by atoms with van der Waals surface area (Å²) in [6.07, 6.45) is 3.19. The molecule has 1 fully saturated rings. The third-order valence-electron chi connectivity index (χ3n) is 2.19. The van der Waals surface area contributed by atoms with E-state index in [0.29, 0.717) is 24.0 Å². The van der Waals surface area contributed by atoms with Gasteiger partial charge in [0.15, 0.2) is 0 Å². The first-order valence-corrected chi connectivity index (χ1v) is 5.13. The molecule has 1 N–H and O–H groups in total. The molecule has 4 nitrogen and oxygen atoms in total. The van der Waals surface area contributed by atoms with Crippen LogP contribution in [0.4, 0.5) is 10.3 Å². The molecule has 0 bridgehead atoms. The van der Waals surface area contributed by atoms with Crippen molar-refractivity contribution in [3.8, 4) is 0 Å². The zero-order valence-corrected chi connectivity index (χ0v) is 8.75.